The molecule has 1 aromatic carbocycles. The Morgan fingerprint density at radius 1 is 1.42 bits per heavy atom. The third kappa shape index (κ3) is 3.22. The van der Waals surface area contributed by atoms with Crippen molar-refractivity contribution >= 4 is 11.6 Å². The lowest BCUT2D eigenvalue weighted by Crippen LogP contribution is -2.33. The van der Waals surface area contributed by atoms with E-state index in [2.05, 4.69) is 13.8 Å². The summed E-state index contributed by atoms with van der Waals surface area (Å²) < 4.78 is 5.66. The fourth-order valence-electron chi connectivity index (χ4n) is 2.75. The molecule has 2 atom stereocenters. The highest BCUT2D eigenvalue weighted by molar-refractivity contribution is 6.30. The van der Waals surface area contributed by atoms with Crippen LogP contribution in [-0.4, -0.2) is 24.4 Å². The van der Waals surface area contributed by atoms with Gasteiger partial charge in [0.25, 0.3) is 0 Å². The number of hydrogen-bond acceptors (Lipinski definition) is 3. The second-order valence-corrected chi connectivity index (χ2v) is 6.00. The van der Waals surface area contributed by atoms with Crippen molar-refractivity contribution in [3.8, 4) is 5.75 Å². The number of aliphatic hydroxyl groups is 1. The van der Waals surface area contributed by atoms with Gasteiger partial charge < -0.3 is 15.6 Å². The zero-order chi connectivity index (χ0) is 14.0. The Hall–Kier alpha value is -0.770. The van der Waals surface area contributed by atoms with Gasteiger partial charge in [0.1, 0.15) is 5.75 Å². The number of rotatable bonds is 5. The molecule has 1 aliphatic heterocycles. The fourth-order valence-corrected chi connectivity index (χ4v) is 3.01. The molecule has 2 unspecified atom stereocenters. The topological polar surface area (TPSA) is 55.5 Å². The van der Waals surface area contributed by atoms with Gasteiger partial charge in [0, 0.05) is 17.9 Å². The molecule has 1 aromatic rings. The zero-order valence-electron chi connectivity index (χ0n) is 11.5. The summed E-state index contributed by atoms with van der Waals surface area (Å²) in [5.41, 5.74) is 7.89. The molecule has 4 heteroatoms. The first-order valence-electron chi connectivity index (χ1n) is 6.85. The molecule has 0 aliphatic carbocycles. The van der Waals surface area contributed by atoms with Crippen LogP contribution in [0.4, 0.5) is 0 Å². The van der Waals surface area contributed by atoms with Crippen molar-refractivity contribution in [3.63, 3.8) is 0 Å². The molecule has 19 heavy (non-hydrogen) atoms. The summed E-state index contributed by atoms with van der Waals surface area (Å²) in [6, 6.07) is 3.84. The molecule has 0 fully saturated rings. The summed E-state index contributed by atoms with van der Waals surface area (Å²) in [6.07, 6.45) is 0.976. The Labute approximate surface area is 119 Å². The number of benzene rings is 1. The molecule has 0 bridgehead atoms. The third-order valence-electron chi connectivity index (χ3n) is 3.88. The Bertz CT molecular complexity index is 448. The summed E-state index contributed by atoms with van der Waals surface area (Å²) in [4.78, 5) is 0. The standard InChI is InChI=1S/C15H22ClNO2/c1-9(2)13(8-17)14(18)7-11-6-12(16)5-10-3-4-19-15(10)11/h5-6,9,13-14,18H,3-4,7-8,17H2,1-2H3. The van der Waals surface area contributed by atoms with Crippen LogP contribution in [0.2, 0.25) is 5.02 Å². The molecule has 3 nitrogen and oxygen atoms in total. The highest BCUT2D eigenvalue weighted by Crippen LogP contribution is 2.34. The van der Waals surface area contributed by atoms with Gasteiger partial charge in [-0.15, -0.1) is 0 Å². The smallest absolute Gasteiger partial charge is 0.126 e. The van der Waals surface area contributed by atoms with Gasteiger partial charge in [0.15, 0.2) is 0 Å². The number of nitrogens with two attached hydrogens (primary N) is 1. The summed E-state index contributed by atoms with van der Waals surface area (Å²) in [7, 11) is 0. The predicted octanol–water partition coefficient (Wildman–Crippen LogP) is 2.41. The first kappa shape index (κ1) is 14.6. The molecule has 3 N–H and O–H groups in total. The van der Waals surface area contributed by atoms with Crippen molar-refractivity contribution in [2.75, 3.05) is 13.2 Å². The van der Waals surface area contributed by atoms with Gasteiger partial charge in [0.05, 0.1) is 12.7 Å². The maximum absolute atomic E-state index is 10.4. The van der Waals surface area contributed by atoms with E-state index in [1.54, 1.807) is 0 Å². The monoisotopic (exact) mass is 283 g/mol. The maximum Gasteiger partial charge on any atom is 0.126 e. The fraction of sp³-hybridized carbons (Fsp3) is 0.600. The Morgan fingerprint density at radius 2 is 2.16 bits per heavy atom. The molecule has 0 radical (unpaired) electrons. The minimum atomic E-state index is -0.461. The minimum Gasteiger partial charge on any atom is -0.493 e. The lowest BCUT2D eigenvalue weighted by atomic mass is 9.86. The zero-order valence-corrected chi connectivity index (χ0v) is 12.3. The first-order chi connectivity index (χ1) is 9.02. The molecule has 0 aromatic heterocycles. The van der Waals surface area contributed by atoms with Gasteiger partial charge in [-0.1, -0.05) is 25.4 Å². The van der Waals surface area contributed by atoms with E-state index in [1.165, 1.54) is 0 Å². The Kier molecular flexibility index (Phi) is 4.71. The van der Waals surface area contributed by atoms with Crippen LogP contribution < -0.4 is 10.5 Å². The molecular formula is C15H22ClNO2. The molecule has 106 valence electrons. The second-order valence-electron chi connectivity index (χ2n) is 5.57. The third-order valence-corrected chi connectivity index (χ3v) is 4.10. The molecule has 0 amide bonds. The van der Waals surface area contributed by atoms with E-state index in [1.807, 2.05) is 12.1 Å². The van der Waals surface area contributed by atoms with Gasteiger partial charge in [-0.25, -0.2) is 0 Å². The van der Waals surface area contributed by atoms with Crippen molar-refractivity contribution in [3.05, 3.63) is 28.3 Å². The number of fused-ring (bicyclic) bond motifs is 1. The SMILES string of the molecule is CC(C)C(CN)C(O)Cc1cc(Cl)cc2c1OCC2. The van der Waals surface area contributed by atoms with E-state index in [0.29, 0.717) is 30.5 Å². The van der Waals surface area contributed by atoms with E-state index in [4.69, 9.17) is 22.1 Å². The van der Waals surface area contributed by atoms with Crippen LogP contribution in [0.25, 0.3) is 0 Å². The molecule has 1 heterocycles. The highest BCUT2D eigenvalue weighted by atomic mass is 35.5. The number of halogens is 1. The lowest BCUT2D eigenvalue weighted by Gasteiger charge is -2.25. The highest BCUT2D eigenvalue weighted by Gasteiger charge is 2.25. The molecule has 2 rings (SSSR count). The number of ether oxygens (including phenoxy) is 1. The van der Waals surface area contributed by atoms with E-state index in [0.717, 1.165) is 23.3 Å². The lowest BCUT2D eigenvalue weighted by molar-refractivity contribution is 0.0857. The van der Waals surface area contributed by atoms with Crippen LogP contribution in [0, 0.1) is 11.8 Å². The summed E-state index contributed by atoms with van der Waals surface area (Å²) >= 11 is 6.13. The van der Waals surface area contributed by atoms with E-state index >= 15 is 0 Å². The van der Waals surface area contributed by atoms with Gasteiger partial charge >= 0.3 is 0 Å². The summed E-state index contributed by atoms with van der Waals surface area (Å²) in [5.74, 6) is 1.35. The van der Waals surface area contributed by atoms with E-state index in [9.17, 15) is 5.11 Å². The number of hydrogen-bond donors (Lipinski definition) is 2. The van der Waals surface area contributed by atoms with Crippen LogP contribution >= 0.6 is 11.6 Å². The number of aliphatic hydroxyl groups excluding tert-OH is 1. The van der Waals surface area contributed by atoms with Crippen LogP contribution in [0.15, 0.2) is 12.1 Å². The van der Waals surface area contributed by atoms with Crippen LogP contribution in [0.5, 0.6) is 5.75 Å². The van der Waals surface area contributed by atoms with Gasteiger partial charge in [0.2, 0.25) is 0 Å². The quantitative estimate of drug-likeness (QED) is 0.872. The largest absolute Gasteiger partial charge is 0.493 e. The maximum atomic E-state index is 10.4. The minimum absolute atomic E-state index is 0.0936. The summed E-state index contributed by atoms with van der Waals surface area (Å²) in [5, 5.41) is 11.1. The van der Waals surface area contributed by atoms with Gasteiger partial charge in [-0.3, -0.25) is 0 Å². The van der Waals surface area contributed by atoms with Crippen LogP contribution in [-0.2, 0) is 12.8 Å². The Morgan fingerprint density at radius 3 is 2.79 bits per heavy atom. The normalized spacial score (nSPS) is 17.2. The molecule has 0 spiro atoms. The van der Waals surface area contributed by atoms with Crippen molar-refractivity contribution in [1.29, 1.82) is 0 Å². The predicted molar refractivity (Wildman–Crippen MR) is 77.7 cm³/mol. The van der Waals surface area contributed by atoms with Crippen molar-refractivity contribution in [2.24, 2.45) is 17.6 Å². The first-order valence-corrected chi connectivity index (χ1v) is 7.23. The van der Waals surface area contributed by atoms with Gasteiger partial charge in [-0.05, 0) is 41.6 Å². The second kappa shape index (κ2) is 6.12. The summed E-state index contributed by atoms with van der Waals surface area (Å²) in [6.45, 7) is 5.35. The molecule has 1 aliphatic rings. The van der Waals surface area contributed by atoms with Crippen molar-refractivity contribution in [2.45, 2.75) is 32.8 Å². The van der Waals surface area contributed by atoms with Crippen molar-refractivity contribution in [1.82, 2.24) is 0 Å². The van der Waals surface area contributed by atoms with Crippen LogP contribution in [0.1, 0.15) is 25.0 Å². The average molecular weight is 284 g/mol. The Balaban J connectivity index is 2.19. The van der Waals surface area contributed by atoms with Gasteiger partial charge in [-0.2, -0.15) is 0 Å². The van der Waals surface area contributed by atoms with E-state index in [-0.39, 0.29) is 5.92 Å². The molecule has 0 saturated carbocycles. The average Bonchev–Trinajstić information content (AvgIpc) is 2.77. The van der Waals surface area contributed by atoms with Crippen molar-refractivity contribution < 1.29 is 9.84 Å². The van der Waals surface area contributed by atoms with Crippen LogP contribution in [0.3, 0.4) is 0 Å². The molecule has 0 saturated heterocycles. The van der Waals surface area contributed by atoms with E-state index < -0.39 is 6.10 Å². The molecular weight excluding hydrogens is 262 g/mol.